The van der Waals surface area contributed by atoms with Crippen molar-refractivity contribution in [2.75, 3.05) is 17.5 Å². The molecule has 3 aromatic rings. The van der Waals surface area contributed by atoms with Gasteiger partial charge in [-0.3, -0.25) is 13.9 Å². The zero-order valence-corrected chi connectivity index (χ0v) is 26.4. The Morgan fingerprint density at radius 1 is 0.905 bits per heavy atom. The Hall–Kier alpha value is -3.56. The molecule has 3 rings (SSSR count). The average molecular weight is 614 g/mol. The molecular formula is C32H40ClN3O5S. The van der Waals surface area contributed by atoms with E-state index in [9.17, 15) is 18.0 Å². The van der Waals surface area contributed by atoms with Gasteiger partial charge in [0.15, 0.2) is 0 Å². The Balaban J connectivity index is 2.05. The average Bonchev–Trinajstić information content (AvgIpc) is 2.97. The molecule has 226 valence electrons. The quantitative estimate of drug-likeness (QED) is 0.242. The van der Waals surface area contributed by atoms with Crippen LogP contribution < -0.4 is 14.4 Å². The van der Waals surface area contributed by atoms with Crippen LogP contribution in [0, 0.1) is 6.92 Å². The summed E-state index contributed by atoms with van der Waals surface area (Å²) < 4.78 is 34.5. The highest BCUT2D eigenvalue weighted by Gasteiger charge is 2.34. The third-order valence-electron chi connectivity index (χ3n) is 6.98. The van der Waals surface area contributed by atoms with Crippen LogP contribution in [-0.4, -0.2) is 50.4 Å². The number of halogens is 1. The molecule has 42 heavy (non-hydrogen) atoms. The van der Waals surface area contributed by atoms with E-state index in [1.165, 1.54) is 29.2 Å². The maximum Gasteiger partial charge on any atom is 0.264 e. The molecule has 2 atom stereocenters. The largest absolute Gasteiger partial charge is 0.494 e. The number of ether oxygens (including phenoxy) is 1. The molecule has 0 saturated carbocycles. The number of carbonyl (C=O) groups is 2. The minimum Gasteiger partial charge on any atom is -0.494 e. The van der Waals surface area contributed by atoms with E-state index in [2.05, 4.69) is 5.32 Å². The molecule has 0 heterocycles. The fourth-order valence-electron chi connectivity index (χ4n) is 4.39. The number of carbonyl (C=O) groups excluding carboxylic acids is 2. The molecule has 2 amide bonds. The summed E-state index contributed by atoms with van der Waals surface area (Å²) in [5, 5.41) is 3.37. The number of nitrogens with zero attached hydrogens (tertiary/aromatic N) is 2. The highest BCUT2D eigenvalue weighted by Crippen LogP contribution is 2.27. The maximum atomic E-state index is 14.2. The number of rotatable bonds is 14. The predicted molar refractivity (Wildman–Crippen MR) is 167 cm³/mol. The minimum absolute atomic E-state index is 0.0137. The van der Waals surface area contributed by atoms with E-state index in [1.807, 2.05) is 58.9 Å². The first kappa shape index (κ1) is 32.9. The van der Waals surface area contributed by atoms with Crippen LogP contribution in [0.25, 0.3) is 0 Å². The molecule has 0 aliphatic carbocycles. The molecular weight excluding hydrogens is 574 g/mol. The van der Waals surface area contributed by atoms with Crippen molar-refractivity contribution in [3.8, 4) is 5.75 Å². The van der Waals surface area contributed by atoms with Crippen LogP contribution in [0.15, 0.2) is 77.7 Å². The summed E-state index contributed by atoms with van der Waals surface area (Å²) in [5.74, 6) is -0.209. The number of aryl methyl sites for hydroxylation is 1. The Morgan fingerprint density at radius 2 is 1.52 bits per heavy atom. The van der Waals surface area contributed by atoms with Crippen LogP contribution in [0.2, 0.25) is 5.02 Å². The van der Waals surface area contributed by atoms with Crippen molar-refractivity contribution < 1.29 is 22.7 Å². The van der Waals surface area contributed by atoms with Crippen LogP contribution in [0.5, 0.6) is 5.75 Å². The van der Waals surface area contributed by atoms with Crippen LogP contribution in [-0.2, 0) is 26.2 Å². The molecule has 0 aromatic heterocycles. The highest BCUT2D eigenvalue weighted by atomic mass is 35.5. The van der Waals surface area contributed by atoms with Gasteiger partial charge in [0.25, 0.3) is 10.0 Å². The van der Waals surface area contributed by atoms with Gasteiger partial charge in [-0.15, -0.1) is 0 Å². The number of hydrogen-bond acceptors (Lipinski definition) is 5. The third-order valence-corrected chi connectivity index (χ3v) is 9.02. The maximum absolute atomic E-state index is 14.2. The number of amides is 2. The second-order valence-corrected chi connectivity index (χ2v) is 12.4. The summed E-state index contributed by atoms with van der Waals surface area (Å²) in [5.41, 5.74) is 2.18. The number of sulfonamides is 1. The fourth-order valence-corrected chi connectivity index (χ4v) is 5.93. The van der Waals surface area contributed by atoms with Gasteiger partial charge < -0.3 is 15.0 Å². The van der Waals surface area contributed by atoms with Gasteiger partial charge in [-0.2, -0.15) is 0 Å². The standard InChI is InChI=1S/C32H40ClN3O5S/c1-6-24(5)34-32(38)30(7-2)35(21-25-11-9-23(4)10-12-25)31(37)22-36(27-15-17-28(18-16-27)41-8-3)42(39,40)29-19-13-26(33)14-20-29/h9-20,24,30H,6-8,21-22H2,1-5H3,(H,34,38)/t24-,30+/m0/s1. The Labute approximate surface area is 254 Å². The van der Waals surface area contributed by atoms with Gasteiger partial charge in [0.1, 0.15) is 18.3 Å². The molecule has 0 aliphatic heterocycles. The van der Waals surface area contributed by atoms with Gasteiger partial charge in [-0.1, -0.05) is 55.3 Å². The van der Waals surface area contributed by atoms with Gasteiger partial charge in [-0.25, -0.2) is 8.42 Å². The van der Waals surface area contributed by atoms with Gasteiger partial charge >= 0.3 is 0 Å². The van der Waals surface area contributed by atoms with Crippen molar-refractivity contribution in [2.45, 2.75) is 71.0 Å². The number of hydrogen-bond donors (Lipinski definition) is 1. The summed E-state index contributed by atoms with van der Waals surface area (Å²) in [7, 11) is -4.19. The smallest absolute Gasteiger partial charge is 0.264 e. The second-order valence-electron chi connectivity index (χ2n) is 10.1. The molecule has 0 bridgehead atoms. The molecule has 0 radical (unpaired) electrons. The minimum atomic E-state index is -4.19. The van der Waals surface area contributed by atoms with Crippen LogP contribution in [0.4, 0.5) is 5.69 Å². The van der Waals surface area contributed by atoms with E-state index in [4.69, 9.17) is 16.3 Å². The van der Waals surface area contributed by atoms with Gasteiger partial charge in [0, 0.05) is 17.6 Å². The van der Waals surface area contributed by atoms with Crippen molar-refractivity contribution >= 4 is 39.1 Å². The first-order valence-electron chi connectivity index (χ1n) is 14.2. The fraction of sp³-hybridized carbons (Fsp3) is 0.375. The summed E-state index contributed by atoms with van der Waals surface area (Å²) >= 11 is 6.02. The summed E-state index contributed by atoms with van der Waals surface area (Å²) in [6.45, 7) is 9.62. The van der Waals surface area contributed by atoms with Gasteiger partial charge in [-0.05, 0) is 87.7 Å². The summed E-state index contributed by atoms with van der Waals surface area (Å²) in [6.07, 6.45) is 1.09. The van der Waals surface area contributed by atoms with Crippen molar-refractivity contribution in [2.24, 2.45) is 0 Å². The lowest BCUT2D eigenvalue weighted by Gasteiger charge is -2.33. The Bertz CT molecular complexity index is 1430. The zero-order chi connectivity index (χ0) is 30.9. The van der Waals surface area contributed by atoms with Crippen molar-refractivity contribution in [3.05, 3.63) is 88.9 Å². The van der Waals surface area contributed by atoms with Gasteiger partial charge in [0.2, 0.25) is 11.8 Å². The Morgan fingerprint density at radius 3 is 2.07 bits per heavy atom. The van der Waals surface area contributed by atoms with E-state index < -0.39 is 28.5 Å². The number of nitrogens with one attached hydrogen (secondary N) is 1. The predicted octanol–water partition coefficient (Wildman–Crippen LogP) is 5.96. The summed E-state index contributed by atoms with van der Waals surface area (Å²) in [6, 6.07) is 19.1. The van der Waals surface area contributed by atoms with Crippen molar-refractivity contribution in [1.82, 2.24) is 10.2 Å². The van der Waals surface area contributed by atoms with Crippen molar-refractivity contribution in [1.29, 1.82) is 0 Å². The molecule has 1 N–H and O–H groups in total. The monoisotopic (exact) mass is 613 g/mol. The second kappa shape index (κ2) is 15.1. The summed E-state index contributed by atoms with van der Waals surface area (Å²) in [4.78, 5) is 29.0. The highest BCUT2D eigenvalue weighted by molar-refractivity contribution is 7.92. The van der Waals surface area contributed by atoms with E-state index in [0.29, 0.717) is 23.8 Å². The van der Waals surface area contributed by atoms with Crippen LogP contribution >= 0.6 is 11.6 Å². The molecule has 0 unspecified atom stereocenters. The van der Waals surface area contributed by atoms with Crippen molar-refractivity contribution in [3.63, 3.8) is 0 Å². The molecule has 0 aliphatic rings. The first-order chi connectivity index (χ1) is 20.0. The topological polar surface area (TPSA) is 96.0 Å². The van der Waals surface area contributed by atoms with E-state index >= 15 is 0 Å². The molecule has 0 spiro atoms. The zero-order valence-electron chi connectivity index (χ0n) is 24.8. The normalized spacial score (nSPS) is 12.7. The lowest BCUT2D eigenvalue weighted by atomic mass is 10.1. The number of benzene rings is 3. The third kappa shape index (κ3) is 8.49. The first-order valence-corrected chi connectivity index (χ1v) is 16.0. The van der Waals surface area contributed by atoms with Gasteiger partial charge in [0.05, 0.1) is 17.2 Å². The van der Waals surface area contributed by atoms with E-state index in [1.54, 1.807) is 24.3 Å². The molecule has 3 aromatic carbocycles. The van der Waals surface area contributed by atoms with Crippen LogP contribution in [0.1, 0.15) is 51.7 Å². The molecule has 0 fully saturated rings. The molecule has 8 nitrogen and oxygen atoms in total. The van der Waals surface area contributed by atoms with Crippen LogP contribution in [0.3, 0.4) is 0 Å². The molecule has 0 saturated heterocycles. The molecule has 10 heteroatoms. The lowest BCUT2D eigenvalue weighted by Crippen LogP contribution is -2.53. The van der Waals surface area contributed by atoms with E-state index in [-0.39, 0.29) is 29.1 Å². The SMILES string of the molecule is CCOc1ccc(N(CC(=O)N(Cc2ccc(C)cc2)[C@H](CC)C(=O)N[C@@H](C)CC)S(=O)(=O)c2ccc(Cl)cc2)cc1. The van der Waals surface area contributed by atoms with E-state index in [0.717, 1.165) is 21.9 Å². The Kier molecular flexibility index (Phi) is 11.8. The lowest BCUT2D eigenvalue weighted by molar-refractivity contribution is -0.140. The number of anilines is 1.